The molecule has 1 fully saturated rings. The van der Waals surface area contributed by atoms with Crippen molar-refractivity contribution in [1.29, 1.82) is 0 Å². The van der Waals surface area contributed by atoms with Crippen LogP contribution >= 0.6 is 11.6 Å². The average molecular weight is 196 g/mol. The first-order valence-electron chi connectivity index (χ1n) is 4.30. The van der Waals surface area contributed by atoms with Gasteiger partial charge in [0.1, 0.15) is 0 Å². The summed E-state index contributed by atoms with van der Waals surface area (Å²) in [4.78, 5) is 11.0. The van der Waals surface area contributed by atoms with E-state index < -0.39 is 0 Å². The van der Waals surface area contributed by atoms with E-state index >= 15 is 0 Å². The van der Waals surface area contributed by atoms with Crippen LogP contribution in [0.1, 0.15) is 24.4 Å². The molecule has 1 atom stereocenters. The summed E-state index contributed by atoms with van der Waals surface area (Å²) in [5.74, 6) is 0.139. The Bertz CT molecular complexity index is 320. The summed E-state index contributed by atoms with van der Waals surface area (Å²) in [5.41, 5.74) is 1.13. The van der Waals surface area contributed by atoms with Gasteiger partial charge in [0.25, 0.3) is 0 Å². The van der Waals surface area contributed by atoms with Crippen molar-refractivity contribution < 1.29 is 4.79 Å². The van der Waals surface area contributed by atoms with Crippen LogP contribution in [0.2, 0.25) is 5.02 Å². The molecular weight excluding hydrogens is 186 g/mol. The number of rotatable bonds is 1. The zero-order valence-electron chi connectivity index (χ0n) is 7.09. The van der Waals surface area contributed by atoms with Crippen LogP contribution in [0.4, 0.5) is 0 Å². The number of amides is 1. The van der Waals surface area contributed by atoms with E-state index in [1.807, 2.05) is 24.3 Å². The summed E-state index contributed by atoms with van der Waals surface area (Å²) >= 11 is 5.76. The monoisotopic (exact) mass is 195 g/mol. The number of nitrogens with one attached hydrogen (secondary N) is 1. The van der Waals surface area contributed by atoms with Gasteiger partial charge in [0.05, 0.1) is 6.04 Å². The van der Waals surface area contributed by atoms with Crippen LogP contribution in [0, 0.1) is 0 Å². The maximum absolute atomic E-state index is 11.0. The van der Waals surface area contributed by atoms with Crippen molar-refractivity contribution in [3.8, 4) is 0 Å². The molecule has 2 nitrogen and oxygen atoms in total. The Morgan fingerprint density at radius 1 is 1.31 bits per heavy atom. The topological polar surface area (TPSA) is 29.1 Å². The minimum absolute atomic E-state index is 0.139. The molecular formula is C10H10ClNO. The molecule has 68 valence electrons. The molecule has 0 bridgehead atoms. The van der Waals surface area contributed by atoms with E-state index in [1.54, 1.807) is 0 Å². The van der Waals surface area contributed by atoms with Crippen LogP contribution in [0.5, 0.6) is 0 Å². The molecule has 1 unspecified atom stereocenters. The molecule has 0 aliphatic carbocycles. The Labute approximate surface area is 81.9 Å². The molecule has 3 heteroatoms. The quantitative estimate of drug-likeness (QED) is 0.732. The molecule has 1 heterocycles. The Morgan fingerprint density at radius 3 is 2.54 bits per heavy atom. The molecule has 1 aromatic carbocycles. The van der Waals surface area contributed by atoms with Crippen LogP contribution in [-0.4, -0.2) is 5.91 Å². The van der Waals surface area contributed by atoms with E-state index in [1.165, 1.54) is 0 Å². The van der Waals surface area contributed by atoms with Crippen LogP contribution in [0.15, 0.2) is 24.3 Å². The lowest BCUT2D eigenvalue weighted by Gasteiger charge is -2.09. The second-order valence-corrected chi connectivity index (χ2v) is 3.65. The van der Waals surface area contributed by atoms with Crippen molar-refractivity contribution >= 4 is 17.5 Å². The molecule has 2 rings (SSSR count). The maximum Gasteiger partial charge on any atom is 0.220 e. The smallest absolute Gasteiger partial charge is 0.220 e. The van der Waals surface area contributed by atoms with E-state index in [-0.39, 0.29) is 11.9 Å². The van der Waals surface area contributed by atoms with E-state index in [0.717, 1.165) is 17.0 Å². The number of hydrogen-bond donors (Lipinski definition) is 1. The number of hydrogen-bond acceptors (Lipinski definition) is 1. The number of halogens is 1. The van der Waals surface area contributed by atoms with Crippen molar-refractivity contribution in [3.63, 3.8) is 0 Å². The van der Waals surface area contributed by atoms with E-state index in [9.17, 15) is 4.79 Å². The Kier molecular flexibility index (Phi) is 2.23. The van der Waals surface area contributed by atoms with Gasteiger partial charge in [-0.25, -0.2) is 0 Å². The third-order valence-corrected chi connectivity index (χ3v) is 2.52. The van der Waals surface area contributed by atoms with Crippen molar-refractivity contribution in [2.24, 2.45) is 0 Å². The molecule has 0 saturated carbocycles. The standard InChI is InChI=1S/C10H10ClNO/c11-8-3-1-7(2-4-8)9-5-6-10(13)12-9/h1-4,9H,5-6H2,(H,12,13). The highest BCUT2D eigenvalue weighted by molar-refractivity contribution is 6.30. The SMILES string of the molecule is O=C1CCC(c2ccc(Cl)cc2)N1. The maximum atomic E-state index is 11.0. The third kappa shape index (κ3) is 1.83. The summed E-state index contributed by atoms with van der Waals surface area (Å²) in [7, 11) is 0. The zero-order valence-corrected chi connectivity index (χ0v) is 7.84. The number of benzene rings is 1. The van der Waals surface area contributed by atoms with Gasteiger partial charge in [-0.15, -0.1) is 0 Å². The first-order valence-corrected chi connectivity index (χ1v) is 4.68. The predicted molar refractivity (Wildman–Crippen MR) is 51.6 cm³/mol. The van der Waals surface area contributed by atoms with Gasteiger partial charge in [-0.05, 0) is 24.1 Å². The zero-order chi connectivity index (χ0) is 9.26. The van der Waals surface area contributed by atoms with Crippen molar-refractivity contribution in [2.45, 2.75) is 18.9 Å². The highest BCUT2D eigenvalue weighted by Crippen LogP contribution is 2.24. The van der Waals surface area contributed by atoms with Crippen LogP contribution in [0.25, 0.3) is 0 Å². The Balaban J connectivity index is 2.17. The molecule has 0 radical (unpaired) electrons. The van der Waals surface area contributed by atoms with Gasteiger partial charge in [0.2, 0.25) is 5.91 Å². The van der Waals surface area contributed by atoms with Crippen LogP contribution in [-0.2, 0) is 4.79 Å². The fourth-order valence-corrected chi connectivity index (χ4v) is 1.69. The lowest BCUT2D eigenvalue weighted by Crippen LogP contribution is -2.18. The van der Waals surface area contributed by atoms with Crippen LogP contribution < -0.4 is 5.32 Å². The fourth-order valence-electron chi connectivity index (χ4n) is 1.56. The Morgan fingerprint density at radius 2 is 2.00 bits per heavy atom. The van der Waals surface area contributed by atoms with Gasteiger partial charge in [-0.3, -0.25) is 4.79 Å². The van der Waals surface area contributed by atoms with E-state index in [0.29, 0.717) is 6.42 Å². The lowest BCUT2D eigenvalue weighted by atomic mass is 10.1. The first kappa shape index (κ1) is 8.57. The van der Waals surface area contributed by atoms with Gasteiger partial charge in [-0.2, -0.15) is 0 Å². The summed E-state index contributed by atoms with van der Waals surface area (Å²) in [6, 6.07) is 7.80. The molecule has 1 saturated heterocycles. The van der Waals surface area contributed by atoms with Crippen molar-refractivity contribution in [2.75, 3.05) is 0 Å². The van der Waals surface area contributed by atoms with Gasteiger partial charge in [-0.1, -0.05) is 23.7 Å². The first-order chi connectivity index (χ1) is 6.25. The van der Waals surface area contributed by atoms with Gasteiger partial charge in [0, 0.05) is 11.4 Å². The van der Waals surface area contributed by atoms with E-state index in [2.05, 4.69) is 5.32 Å². The highest BCUT2D eigenvalue weighted by atomic mass is 35.5. The Hall–Kier alpha value is -1.02. The molecule has 0 spiro atoms. The van der Waals surface area contributed by atoms with Crippen molar-refractivity contribution in [1.82, 2.24) is 5.32 Å². The molecule has 0 aromatic heterocycles. The van der Waals surface area contributed by atoms with Crippen molar-refractivity contribution in [3.05, 3.63) is 34.9 Å². The van der Waals surface area contributed by atoms with Gasteiger partial charge >= 0.3 is 0 Å². The molecule has 1 amide bonds. The number of carbonyl (C=O) groups excluding carboxylic acids is 1. The normalized spacial score (nSPS) is 21.6. The van der Waals surface area contributed by atoms with Crippen LogP contribution in [0.3, 0.4) is 0 Å². The average Bonchev–Trinajstić information content (AvgIpc) is 2.53. The van der Waals surface area contributed by atoms with E-state index in [4.69, 9.17) is 11.6 Å². The minimum atomic E-state index is 0.139. The predicted octanol–water partition coefficient (Wildman–Crippen LogP) is 2.29. The summed E-state index contributed by atoms with van der Waals surface area (Å²) in [6.45, 7) is 0. The summed E-state index contributed by atoms with van der Waals surface area (Å²) < 4.78 is 0. The molecule has 13 heavy (non-hydrogen) atoms. The highest BCUT2D eigenvalue weighted by Gasteiger charge is 2.21. The second-order valence-electron chi connectivity index (χ2n) is 3.21. The third-order valence-electron chi connectivity index (χ3n) is 2.27. The molecule has 1 aliphatic rings. The summed E-state index contributed by atoms with van der Waals surface area (Å²) in [5, 5.41) is 3.64. The minimum Gasteiger partial charge on any atom is -0.349 e. The fraction of sp³-hybridized carbons (Fsp3) is 0.300. The molecule has 1 aromatic rings. The largest absolute Gasteiger partial charge is 0.349 e. The summed E-state index contributed by atoms with van der Waals surface area (Å²) in [6.07, 6.45) is 1.52. The molecule has 1 aliphatic heterocycles. The number of carbonyl (C=O) groups is 1. The molecule has 1 N–H and O–H groups in total. The van der Waals surface area contributed by atoms with Gasteiger partial charge < -0.3 is 5.32 Å². The van der Waals surface area contributed by atoms with Gasteiger partial charge in [0.15, 0.2) is 0 Å². The second kappa shape index (κ2) is 3.38. The lowest BCUT2D eigenvalue weighted by molar-refractivity contribution is -0.119.